The van der Waals surface area contributed by atoms with Gasteiger partial charge >= 0.3 is 0 Å². The Balaban J connectivity index is 2.70. The van der Waals surface area contributed by atoms with Gasteiger partial charge in [-0.15, -0.1) is 0 Å². The number of nitrogens with zero attached hydrogens (tertiary/aromatic N) is 1. The maximum absolute atomic E-state index is 7.55. The van der Waals surface area contributed by atoms with Crippen LogP contribution in [0.3, 0.4) is 0 Å². The minimum Gasteiger partial charge on any atom is -0.489 e. The van der Waals surface area contributed by atoms with Crippen LogP contribution in [0.2, 0.25) is 0 Å². The summed E-state index contributed by atoms with van der Waals surface area (Å²) in [5.74, 6) is 0.608. The van der Waals surface area contributed by atoms with Crippen molar-refractivity contribution in [2.24, 2.45) is 5.73 Å². The van der Waals surface area contributed by atoms with E-state index in [4.69, 9.17) is 15.9 Å². The van der Waals surface area contributed by atoms with Crippen molar-refractivity contribution in [1.82, 2.24) is 4.98 Å². The average molecular weight is 229 g/mol. The Bertz CT molecular complexity index is 564. The normalized spacial score (nSPS) is 10.8. The zero-order valence-electron chi connectivity index (χ0n) is 9.90. The van der Waals surface area contributed by atoms with Gasteiger partial charge in [-0.25, -0.2) is 0 Å². The van der Waals surface area contributed by atoms with Crippen molar-refractivity contribution in [3.8, 4) is 5.75 Å². The van der Waals surface area contributed by atoms with Gasteiger partial charge in [0.05, 0.1) is 17.2 Å². The topological polar surface area (TPSA) is 72.0 Å². The fourth-order valence-electron chi connectivity index (χ4n) is 1.67. The molecule has 1 aromatic carbocycles. The molecule has 0 spiro atoms. The molecule has 0 saturated carbocycles. The first-order chi connectivity index (χ1) is 8.09. The standard InChI is InChI=1S/C13H15N3O/c1-8(2)17-12-9-5-3-4-6-11(9)16-7-10(12)13(14)15/h3-8H,1-2H3,(H3,14,15). The van der Waals surface area contributed by atoms with Gasteiger partial charge in [-0.3, -0.25) is 10.4 Å². The van der Waals surface area contributed by atoms with Gasteiger partial charge in [0.15, 0.2) is 0 Å². The minimum absolute atomic E-state index is 0.0268. The van der Waals surface area contributed by atoms with Crippen molar-refractivity contribution in [1.29, 1.82) is 5.41 Å². The third kappa shape index (κ3) is 2.20. The van der Waals surface area contributed by atoms with Crippen LogP contribution in [0.25, 0.3) is 10.9 Å². The number of hydrogen-bond donors (Lipinski definition) is 2. The quantitative estimate of drug-likeness (QED) is 0.626. The summed E-state index contributed by atoms with van der Waals surface area (Å²) in [6.45, 7) is 3.89. The molecule has 0 fully saturated rings. The monoisotopic (exact) mass is 229 g/mol. The van der Waals surface area contributed by atoms with Crippen molar-refractivity contribution in [2.45, 2.75) is 20.0 Å². The number of hydrogen-bond acceptors (Lipinski definition) is 3. The fraction of sp³-hybridized carbons (Fsp3) is 0.231. The summed E-state index contributed by atoms with van der Waals surface area (Å²) >= 11 is 0. The molecular weight excluding hydrogens is 214 g/mol. The number of pyridine rings is 1. The summed E-state index contributed by atoms with van der Waals surface area (Å²) in [6.07, 6.45) is 1.61. The molecule has 0 aliphatic carbocycles. The van der Waals surface area contributed by atoms with E-state index in [0.29, 0.717) is 11.3 Å². The highest BCUT2D eigenvalue weighted by atomic mass is 16.5. The lowest BCUT2D eigenvalue weighted by Gasteiger charge is -2.15. The van der Waals surface area contributed by atoms with E-state index >= 15 is 0 Å². The predicted octanol–water partition coefficient (Wildman–Crippen LogP) is 2.31. The Morgan fingerprint density at radius 2 is 2.06 bits per heavy atom. The lowest BCUT2D eigenvalue weighted by molar-refractivity contribution is 0.245. The van der Waals surface area contributed by atoms with Crippen molar-refractivity contribution in [2.75, 3.05) is 0 Å². The van der Waals surface area contributed by atoms with Crippen LogP contribution in [-0.2, 0) is 0 Å². The largest absolute Gasteiger partial charge is 0.489 e. The van der Waals surface area contributed by atoms with E-state index in [0.717, 1.165) is 10.9 Å². The van der Waals surface area contributed by atoms with Crippen molar-refractivity contribution >= 4 is 16.7 Å². The van der Waals surface area contributed by atoms with E-state index in [9.17, 15) is 0 Å². The number of para-hydroxylation sites is 1. The molecule has 2 rings (SSSR count). The van der Waals surface area contributed by atoms with Gasteiger partial charge in [0.1, 0.15) is 11.6 Å². The number of ether oxygens (including phenoxy) is 1. The highest BCUT2D eigenvalue weighted by Crippen LogP contribution is 2.28. The molecule has 0 bridgehead atoms. The number of amidine groups is 1. The molecular formula is C13H15N3O. The second kappa shape index (κ2) is 4.41. The zero-order chi connectivity index (χ0) is 12.4. The smallest absolute Gasteiger partial charge is 0.141 e. The number of benzene rings is 1. The first-order valence-corrected chi connectivity index (χ1v) is 5.48. The Labute approximate surface area is 99.9 Å². The Morgan fingerprint density at radius 3 is 2.71 bits per heavy atom. The Hall–Kier alpha value is -2.10. The molecule has 0 unspecified atom stereocenters. The molecule has 0 aliphatic rings. The number of rotatable bonds is 3. The summed E-state index contributed by atoms with van der Waals surface area (Å²) in [5.41, 5.74) is 6.92. The van der Waals surface area contributed by atoms with Crippen LogP contribution < -0.4 is 10.5 Å². The predicted molar refractivity (Wildman–Crippen MR) is 68.5 cm³/mol. The SMILES string of the molecule is CC(C)Oc1c(C(=N)N)cnc2ccccc12. The van der Waals surface area contributed by atoms with Crippen LogP contribution in [0, 0.1) is 5.41 Å². The molecule has 17 heavy (non-hydrogen) atoms. The number of aromatic nitrogens is 1. The van der Waals surface area contributed by atoms with E-state index in [2.05, 4.69) is 4.98 Å². The second-order valence-electron chi connectivity index (χ2n) is 4.10. The number of nitrogens with one attached hydrogen (secondary N) is 1. The summed E-state index contributed by atoms with van der Waals surface area (Å²) in [7, 11) is 0. The molecule has 1 aromatic heterocycles. The van der Waals surface area contributed by atoms with Crippen LogP contribution in [0.1, 0.15) is 19.4 Å². The third-order valence-corrected chi connectivity index (χ3v) is 2.37. The number of nitrogens with two attached hydrogens (primary N) is 1. The van der Waals surface area contributed by atoms with Crippen LogP contribution in [0.4, 0.5) is 0 Å². The van der Waals surface area contributed by atoms with Crippen LogP contribution in [0.15, 0.2) is 30.5 Å². The van der Waals surface area contributed by atoms with Crippen molar-refractivity contribution in [3.05, 3.63) is 36.0 Å². The van der Waals surface area contributed by atoms with E-state index < -0.39 is 0 Å². The maximum atomic E-state index is 7.55. The summed E-state index contributed by atoms with van der Waals surface area (Å²) < 4.78 is 5.76. The molecule has 0 saturated heterocycles. The molecule has 4 heteroatoms. The molecule has 0 atom stereocenters. The lowest BCUT2D eigenvalue weighted by atomic mass is 10.1. The van der Waals surface area contributed by atoms with E-state index in [1.165, 1.54) is 0 Å². The van der Waals surface area contributed by atoms with E-state index in [1.54, 1.807) is 6.20 Å². The van der Waals surface area contributed by atoms with Gasteiger partial charge in [-0.1, -0.05) is 12.1 Å². The van der Waals surface area contributed by atoms with Crippen LogP contribution in [-0.4, -0.2) is 16.9 Å². The first kappa shape index (κ1) is 11.4. The Kier molecular flexibility index (Phi) is 2.95. The molecule has 88 valence electrons. The average Bonchev–Trinajstić information content (AvgIpc) is 2.28. The third-order valence-electron chi connectivity index (χ3n) is 2.37. The second-order valence-corrected chi connectivity index (χ2v) is 4.10. The Morgan fingerprint density at radius 1 is 1.35 bits per heavy atom. The van der Waals surface area contributed by atoms with E-state index in [-0.39, 0.29) is 11.9 Å². The molecule has 0 aliphatic heterocycles. The molecule has 1 heterocycles. The minimum atomic E-state index is -0.0288. The van der Waals surface area contributed by atoms with Gasteiger partial charge in [-0.05, 0) is 26.0 Å². The lowest BCUT2D eigenvalue weighted by Crippen LogP contribution is -2.16. The van der Waals surface area contributed by atoms with Crippen molar-refractivity contribution < 1.29 is 4.74 Å². The van der Waals surface area contributed by atoms with Gasteiger partial charge < -0.3 is 10.5 Å². The summed E-state index contributed by atoms with van der Waals surface area (Å²) in [6, 6.07) is 7.67. The molecule has 0 amide bonds. The van der Waals surface area contributed by atoms with Gasteiger partial charge in [0.2, 0.25) is 0 Å². The van der Waals surface area contributed by atoms with Crippen molar-refractivity contribution in [3.63, 3.8) is 0 Å². The fourth-order valence-corrected chi connectivity index (χ4v) is 1.67. The number of nitrogen functional groups attached to an aromatic ring is 1. The van der Waals surface area contributed by atoms with Gasteiger partial charge in [0.25, 0.3) is 0 Å². The summed E-state index contributed by atoms with van der Waals surface area (Å²) in [5, 5.41) is 8.44. The molecule has 4 nitrogen and oxygen atoms in total. The zero-order valence-corrected chi connectivity index (χ0v) is 9.90. The highest BCUT2D eigenvalue weighted by Gasteiger charge is 2.13. The van der Waals surface area contributed by atoms with Gasteiger partial charge in [0, 0.05) is 11.6 Å². The molecule has 2 aromatic rings. The van der Waals surface area contributed by atoms with Crippen LogP contribution >= 0.6 is 0 Å². The molecule has 3 N–H and O–H groups in total. The van der Waals surface area contributed by atoms with Gasteiger partial charge in [-0.2, -0.15) is 0 Å². The molecule has 0 radical (unpaired) electrons. The van der Waals surface area contributed by atoms with E-state index in [1.807, 2.05) is 38.1 Å². The van der Waals surface area contributed by atoms with Crippen LogP contribution in [0.5, 0.6) is 5.75 Å². The highest BCUT2D eigenvalue weighted by molar-refractivity contribution is 6.02. The number of fused-ring (bicyclic) bond motifs is 1. The maximum Gasteiger partial charge on any atom is 0.141 e. The first-order valence-electron chi connectivity index (χ1n) is 5.48. The summed E-state index contributed by atoms with van der Waals surface area (Å²) in [4.78, 5) is 4.27.